The van der Waals surface area contributed by atoms with Crippen LogP contribution in [0.5, 0.6) is 0 Å². The summed E-state index contributed by atoms with van der Waals surface area (Å²) in [6.07, 6.45) is 1.72. The first-order chi connectivity index (χ1) is 9.97. The average molecular weight is 325 g/mol. The topological polar surface area (TPSA) is 63.5 Å². The van der Waals surface area contributed by atoms with Crippen LogP contribution in [0, 0.1) is 5.92 Å². The van der Waals surface area contributed by atoms with E-state index in [0.29, 0.717) is 22.4 Å². The molecule has 0 saturated heterocycles. The molecule has 0 fully saturated rings. The van der Waals surface area contributed by atoms with Gasteiger partial charge in [-0.15, -0.1) is 23.1 Å². The molecule has 2 aromatic heterocycles. The second kappa shape index (κ2) is 7.09. The smallest absolute Gasteiger partial charge is 0.258 e. The van der Waals surface area contributed by atoms with Crippen LogP contribution in [-0.4, -0.2) is 27.1 Å². The van der Waals surface area contributed by atoms with Crippen molar-refractivity contribution in [3.8, 4) is 0 Å². The summed E-state index contributed by atoms with van der Waals surface area (Å²) in [6.45, 7) is 6.15. The number of hydrogen-bond donors (Lipinski definition) is 1. The number of rotatable bonds is 6. The van der Waals surface area contributed by atoms with E-state index in [4.69, 9.17) is 0 Å². The molecule has 114 valence electrons. The van der Waals surface area contributed by atoms with Crippen molar-refractivity contribution in [3.05, 3.63) is 33.7 Å². The zero-order chi connectivity index (χ0) is 15.4. The van der Waals surface area contributed by atoms with Gasteiger partial charge in [-0.1, -0.05) is 13.8 Å². The zero-order valence-electron chi connectivity index (χ0n) is 12.3. The number of amides is 1. The molecule has 0 aliphatic heterocycles. The van der Waals surface area contributed by atoms with Gasteiger partial charge in [-0.3, -0.25) is 14.0 Å². The van der Waals surface area contributed by atoms with Crippen molar-refractivity contribution >= 4 is 34.0 Å². The Morgan fingerprint density at radius 2 is 2.24 bits per heavy atom. The van der Waals surface area contributed by atoms with Crippen LogP contribution in [0.15, 0.2) is 22.4 Å². The molecular formula is C14H19N3O2S2. The third-order valence-corrected chi connectivity index (χ3v) is 4.95. The Morgan fingerprint density at radius 1 is 1.48 bits per heavy atom. The van der Waals surface area contributed by atoms with Crippen molar-refractivity contribution < 1.29 is 4.79 Å². The fourth-order valence-corrected chi connectivity index (χ4v) is 3.14. The lowest BCUT2D eigenvalue weighted by atomic mass is 10.1. The summed E-state index contributed by atoms with van der Waals surface area (Å²) in [7, 11) is 0. The summed E-state index contributed by atoms with van der Waals surface area (Å²) < 4.78 is 1.52. The molecule has 21 heavy (non-hydrogen) atoms. The quantitative estimate of drug-likeness (QED) is 0.884. The highest BCUT2D eigenvalue weighted by atomic mass is 32.2. The summed E-state index contributed by atoms with van der Waals surface area (Å²) in [6, 6.07) is 1.70. The summed E-state index contributed by atoms with van der Waals surface area (Å²) in [4.78, 5) is 28.7. The highest BCUT2D eigenvalue weighted by molar-refractivity contribution is 7.99. The molecule has 0 radical (unpaired) electrons. The molecule has 0 aliphatic rings. The molecular weight excluding hydrogens is 306 g/mol. The third kappa shape index (κ3) is 4.31. The third-order valence-electron chi connectivity index (χ3n) is 3.23. The molecule has 0 bridgehead atoms. The van der Waals surface area contributed by atoms with Gasteiger partial charge in [-0.05, 0) is 12.8 Å². The highest BCUT2D eigenvalue weighted by Crippen LogP contribution is 2.12. The van der Waals surface area contributed by atoms with Crippen LogP contribution in [-0.2, 0) is 10.5 Å². The Labute approximate surface area is 131 Å². The van der Waals surface area contributed by atoms with Crippen molar-refractivity contribution in [2.24, 2.45) is 5.92 Å². The largest absolute Gasteiger partial charge is 0.353 e. The number of nitrogens with one attached hydrogen (secondary N) is 1. The monoisotopic (exact) mass is 325 g/mol. The van der Waals surface area contributed by atoms with E-state index in [1.807, 2.05) is 12.3 Å². The average Bonchev–Trinajstić information content (AvgIpc) is 2.87. The first-order valence-electron chi connectivity index (χ1n) is 6.80. The van der Waals surface area contributed by atoms with Gasteiger partial charge in [-0.2, -0.15) is 0 Å². The molecule has 0 saturated carbocycles. The van der Waals surface area contributed by atoms with Crippen molar-refractivity contribution in [2.75, 3.05) is 5.75 Å². The fraction of sp³-hybridized carbons (Fsp3) is 0.500. The van der Waals surface area contributed by atoms with E-state index in [1.165, 1.54) is 33.6 Å². The lowest BCUT2D eigenvalue weighted by Gasteiger charge is -2.17. The molecule has 7 heteroatoms. The van der Waals surface area contributed by atoms with Gasteiger partial charge in [-0.25, -0.2) is 4.98 Å². The fourth-order valence-electron chi connectivity index (χ4n) is 1.67. The molecule has 1 atom stereocenters. The van der Waals surface area contributed by atoms with Crippen molar-refractivity contribution in [3.63, 3.8) is 0 Å². The normalized spacial score (nSPS) is 12.8. The predicted octanol–water partition coefficient (Wildman–Crippen LogP) is 2.15. The Kier molecular flexibility index (Phi) is 5.41. The second-order valence-electron chi connectivity index (χ2n) is 5.23. The number of aromatic nitrogens is 2. The molecule has 2 aromatic rings. The molecule has 0 aliphatic carbocycles. The van der Waals surface area contributed by atoms with Gasteiger partial charge in [0.2, 0.25) is 5.91 Å². The molecule has 0 aromatic carbocycles. The predicted molar refractivity (Wildman–Crippen MR) is 87.9 cm³/mol. The van der Waals surface area contributed by atoms with Gasteiger partial charge >= 0.3 is 0 Å². The molecule has 0 unspecified atom stereocenters. The molecule has 2 rings (SSSR count). The molecule has 1 N–H and O–H groups in total. The standard InChI is InChI=1S/C14H19N3O2S2/c1-9(2)10(3)15-12(18)8-20-7-11-6-13(19)17-4-5-21-14(17)16-11/h4-6,9-10H,7-8H2,1-3H3,(H,15,18)/t10-/m0/s1. The Balaban J connectivity index is 1.87. The summed E-state index contributed by atoms with van der Waals surface area (Å²) in [5.41, 5.74) is 0.645. The Morgan fingerprint density at radius 3 is 2.95 bits per heavy atom. The van der Waals surface area contributed by atoms with Gasteiger partial charge in [0.05, 0.1) is 11.4 Å². The summed E-state index contributed by atoms with van der Waals surface area (Å²) in [5, 5.41) is 4.79. The minimum atomic E-state index is -0.0743. The van der Waals surface area contributed by atoms with E-state index in [9.17, 15) is 9.59 Å². The molecule has 5 nitrogen and oxygen atoms in total. The highest BCUT2D eigenvalue weighted by Gasteiger charge is 2.11. The van der Waals surface area contributed by atoms with E-state index in [0.717, 1.165) is 5.69 Å². The molecule has 1 amide bonds. The van der Waals surface area contributed by atoms with E-state index in [2.05, 4.69) is 24.1 Å². The first kappa shape index (κ1) is 16.0. The van der Waals surface area contributed by atoms with Crippen LogP contribution in [0.4, 0.5) is 0 Å². The lowest BCUT2D eigenvalue weighted by molar-refractivity contribution is -0.119. The maximum Gasteiger partial charge on any atom is 0.258 e. The summed E-state index contributed by atoms with van der Waals surface area (Å²) >= 11 is 2.90. The van der Waals surface area contributed by atoms with Crippen LogP contribution in [0.25, 0.3) is 4.96 Å². The first-order valence-corrected chi connectivity index (χ1v) is 8.83. The van der Waals surface area contributed by atoms with E-state index >= 15 is 0 Å². The number of thioether (sulfide) groups is 1. The van der Waals surface area contributed by atoms with Crippen LogP contribution in [0.1, 0.15) is 26.5 Å². The van der Waals surface area contributed by atoms with Gasteiger partial charge < -0.3 is 5.32 Å². The van der Waals surface area contributed by atoms with Crippen LogP contribution in [0.3, 0.4) is 0 Å². The Hall–Kier alpha value is -1.34. The van der Waals surface area contributed by atoms with Crippen LogP contribution >= 0.6 is 23.1 Å². The van der Waals surface area contributed by atoms with Gasteiger partial charge in [0, 0.05) is 29.4 Å². The minimum absolute atomic E-state index is 0.0233. The minimum Gasteiger partial charge on any atom is -0.353 e. The number of nitrogens with zero attached hydrogens (tertiary/aromatic N) is 2. The number of hydrogen-bond acceptors (Lipinski definition) is 5. The van der Waals surface area contributed by atoms with Gasteiger partial charge in [0.1, 0.15) is 0 Å². The summed E-state index contributed by atoms with van der Waals surface area (Å²) in [5.74, 6) is 1.38. The van der Waals surface area contributed by atoms with Crippen LogP contribution < -0.4 is 10.9 Å². The lowest BCUT2D eigenvalue weighted by Crippen LogP contribution is -2.37. The van der Waals surface area contributed by atoms with Crippen molar-refractivity contribution in [1.29, 1.82) is 0 Å². The van der Waals surface area contributed by atoms with Crippen molar-refractivity contribution in [1.82, 2.24) is 14.7 Å². The second-order valence-corrected chi connectivity index (χ2v) is 7.09. The van der Waals surface area contributed by atoms with E-state index in [-0.39, 0.29) is 17.5 Å². The number of fused-ring (bicyclic) bond motifs is 1. The molecule has 0 spiro atoms. The maximum absolute atomic E-state index is 11.8. The van der Waals surface area contributed by atoms with Crippen LogP contribution in [0.2, 0.25) is 0 Å². The van der Waals surface area contributed by atoms with Crippen molar-refractivity contribution in [2.45, 2.75) is 32.6 Å². The molecule has 2 heterocycles. The number of thiazole rings is 1. The van der Waals surface area contributed by atoms with E-state index < -0.39 is 0 Å². The Bertz CT molecular complexity index is 678. The van der Waals surface area contributed by atoms with E-state index in [1.54, 1.807) is 6.20 Å². The van der Waals surface area contributed by atoms with Gasteiger partial charge in [0.15, 0.2) is 4.96 Å². The number of carbonyl (C=O) groups excluding carboxylic acids is 1. The zero-order valence-corrected chi connectivity index (χ0v) is 14.0. The maximum atomic E-state index is 11.8. The number of carbonyl (C=O) groups is 1. The van der Waals surface area contributed by atoms with Gasteiger partial charge in [0.25, 0.3) is 5.56 Å². The SMILES string of the molecule is CC(C)[C@H](C)NC(=O)CSCc1cc(=O)n2ccsc2n1.